The predicted molar refractivity (Wildman–Crippen MR) is 66.8 cm³/mol. The van der Waals surface area contributed by atoms with Gasteiger partial charge in [-0.05, 0) is 32.2 Å². The van der Waals surface area contributed by atoms with E-state index >= 15 is 0 Å². The summed E-state index contributed by atoms with van der Waals surface area (Å²) in [6, 6.07) is 0. The van der Waals surface area contributed by atoms with Crippen LogP contribution < -0.4 is 10.6 Å². The summed E-state index contributed by atoms with van der Waals surface area (Å²) in [5.41, 5.74) is 0. The highest BCUT2D eigenvalue weighted by Crippen LogP contribution is 2.20. The molecule has 1 saturated heterocycles. The zero-order valence-electron chi connectivity index (χ0n) is 10.5. The molecular formula is C13H24N2O2. The quantitative estimate of drug-likeness (QED) is 0.707. The van der Waals surface area contributed by atoms with E-state index in [0.717, 1.165) is 25.9 Å². The average molecular weight is 240 g/mol. The van der Waals surface area contributed by atoms with Crippen LogP contribution >= 0.6 is 0 Å². The van der Waals surface area contributed by atoms with Gasteiger partial charge in [0.2, 0.25) is 5.91 Å². The van der Waals surface area contributed by atoms with Crippen molar-refractivity contribution < 1.29 is 9.53 Å². The van der Waals surface area contributed by atoms with Crippen molar-refractivity contribution in [3.05, 3.63) is 0 Å². The van der Waals surface area contributed by atoms with Crippen LogP contribution in [0.15, 0.2) is 0 Å². The molecule has 1 atom stereocenters. The highest BCUT2D eigenvalue weighted by molar-refractivity contribution is 5.78. The van der Waals surface area contributed by atoms with Gasteiger partial charge in [-0.3, -0.25) is 4.79 Å². The van der Waals surface area contributed by atoms with Gasteiger partial charge in [-0.2, -0.15) is 0 Å². The summed E-state index contributed by atoms with van der Waals surface area (Å²) in [6.07, 6.45) is 7.55. The molecule has 4 nitrogen and oxygen atoms in total. The number of carbonyl (C=O) groups is 1. The lowest BCUT2D eigenvalue weighted by Crippen LogP contribution is -2.41. The van der Waals surface area contributed by atoms with Gasteiger partial charge in [0.15, 0.2) is 0 Å². The van der Waals surface area contributed by atoms with E-state index in [9.17, 15) is 4.79 Å². The normalized spacial score (nSPS) is 26.0. The lowest BCUT2D eigenvalue weighted by atomic mass is 9.99. The topological polar surface area (TPSA) is 50.4 Å². The Morgan fingerprint density at radius 3 is 2.76 bits per heavy atom. The first-order valence-electron chi connectivity index (χ1n) is 6.96. The Hall–Kier alpha value is -0.610. The molecule has 1 amide bonds. The Morgan fingerprint density at radius 2 is 2.06 bits per heavy atom. The molecule has 2 rings (SSSR count). The maximum atomic E-state index is 11.8. The standard InChI is InChI=1S/C13H24N2O2/c16-13(11-4-3-7-14-10-11)15-8-9-17-12-5-1-2-6-12/h11-12,14H,1-10H2,(H,15,16)/t11-/m0/s1. The molecule has 1 aliphatic heterocycles. The minimum Gasteiger partial charge on any atom is -0.376 e. The van der Waals surface area contributed by atoms with Crippen molar-refractivity contribution in [2.24, 2.45) is 5.92 Å². The number of carbonyl (C=O) groups excluding carboxylic acids is 1. The van der Waals surface area contributed by atoms with Gasteiger partial charge < -0.3 is 15.4 Å². The van der Waals surface area contributed by atoms with E-state index < -0.39 is 0 Å². The summed E-state index contributed by atoms with van der Waals surface area (Å²) in [6.45, 7) is 3.20. The average Bonchev–Trinajstić information content (AvgIpc) is 2.88. The number of hydrogen-bond acceptors (Lipinski definition) is 3. The van der Waals surface area contributed by atoms with Gasteiger partial charge >= 0.3 is 0 Å². The molecule has 2 fully saturated rings. The van der Waals surface area contributed by atoms with E-state index in [1.807, 2.05) is 0 Å². The first-order chi connectivity index (χ1) is 8.36. The van der Waals surface area contributed by atoms with E-state index in [-0.39, 0.29) is 11.8 Å². The second kappa shape index (κ2) is 6.97. The molecule has 2 N–H and O–H groups in total. The fraction of sp³-hybridized carbons (Fsp3) is 0.923. The van der Waals surface area contributed by atoms with Gasteiger partial charge in [0.05, 0.1) is 18.6 Å². The highest BCUT2D eigenvalue weighted by Gasteiger charge is 2.20. The molecule has 0 aromatic carbocycles. The van der Waals surface area contributed by atoms with Crippen LogP contribution in [0.2, 0.25) is 0 Å². The van der Waals surface area contributed by atoms with Crippen molar-refractivity contribution in [3.63, 3.8) is 0 Å². The summed E-state index contributed by atoms with van der Waals surface area (Å²) >= 11 is 0. The smallest absolute Gasteiger partial charge is 0.224 e. The van der Waals surface area contributed by atoms with Gasteiger partial charge in [0.25, 0.3) is 0 Å². The second-order valence-corrected chi connectivity index (χ2v) is 5.11. The van der Waals surface area contributed by atoms with Crippen LogP contribution in [-0.2, 0) is 9.53 Å². The van der Waals surface area contributed by atoms with Gasteiger partial charge in [0.1, 0.15) is 0 Å². The van der Waals surface area contributed by atoms with E-state index in [2.05, 4.69) is 10.6 Å². The molecule has 0 spiro atoms. The number of amides is 1. The van der Waals surface area contributed by atoms with E-state index in [1.165, 1.54) is 25.7 Å². The molecule has 17 heavy (non-hydrogen) atoms. The zero-order chi connectivity index (χ0) is 11.9. The largest absolute Gasteiger partial charge is 0.376 e. The minimum atomic E-state index is 0.162. The molecule has 1 saturated carbocycles. The summed E-state index contributed by atoms with van der Waals surface area (Å²) in [4.78, 5) is 11.8. The van der Waals surface area contributed by atoms with Crippen LogP contribution in [0.1, 0.15) is 38.5 Å². The molecule has 98 valence electrons. The Morgan fingerprint density at radius 1 is 1.24 bits per heavy atom. The van der Waals surface area contributed by atoms with Crippen molar-refractivity contribution in [2.75, 3.05) is 26.2 Å². The van der Waals surface area contributed by atoms with Crippen LogP contribution in [0.25, 0.3) is 0 Å². The second-order valence-electron chi connectivity index (χ2n) is 5.11. The third-order valence-corrected chi connectivity index (χ3v) is 3.72. The van der Waals surface area contributed by atoms with E-state index in [1.54, 1.807) is 0 Å². The predicted octanol–water partition coefficient (Wildman–Crippen LogP) is 1.06. The van der Waals surface area contributed by atoms with E-state index in [4.69, 9.17) is 4.74 Å². The number of hydrogen-bond donors (Lipinski definition) is 2. The van der Waals surface area contributed by atoms with E-state index in [0.29, 0.717) is 19.3 Å². The number of piperidine rings is 1. The summed E-state index contributed by atoms with van der Waals surface area (Å²) < 4.78 is 5.71. The third kappa shape index (κ3) is 4.28. The van der Waals surface area contributed by atoms with Crippen molar-refractivity contribution in [2.45, 2.75) is 44.6 Å². The van der Waals surface area contributed by atoms with Crippen molar-refractivity contribution in [1.29, 1.82) is 0 Å². The molecule has 0 aromatic rings. The molecule has 0 radical (unpaired) electrons. The Balaban J connectivity index is 1.53. The van der Waals surface area contributed by atoms with Gasteiger partial charge in [-0.15, -0.1) is 0 Å². The van der Waals surface area contributed by atoms with Crippen molar-refractivity contribution in [3.8, 4) is 0 Å². The molecular weight excluding hydrogens is 216 g/mol. The molecule has 1 aliphatic carbocycles. The SMILES string of the molecule is O=C(NCCOC1CCCC1)[C@H]1CCCNC1. The van der Waals surface area contributed by atoms with Crippen LogP contribution in [-0.4, -0.2) is 38.3 Å². The van der Waals surface area contributed by atoms with Crippen LogP contribution in [0.5, 0.6) is 0 Å². The van der Waals surface area contributed by atoms with Crippen molar-refractivity contribution in [1.82, 2.24) is 10.6 Å². The first-order valence-corrected chi connectivity index (χ1v) is 6.96. The maximum Gasteiger partial charge on any atom is 0.224 e. The number of rotatable bonds is 5. The van der Waals surface area contributed by atoms with Gasteiger partial charge in [-0.25, -0.2) is 0 Å². The minimum absolute atomic E-state index is 0.162. The van der Waals surface area contributed by atoms with Crippen LogP contribution in [0, 0.1) is 5.92 Å². The molecule has 0 aromatic heterocycles. The molecule has 4 heteroatoms. The van der Waals surface area contributed by atoms with Gasteiger partial charge in [0, 0.05) is 13.1 Å². The Kier molecular flexibility index (Phi) is 5.26. The molecule has 2 aliphatic rings. The molecule has 0 unspecified atom stereocenters. The number of ether oxygens (including phenoxy) is 1. The Labute approximate surface area is 103 Å². The summed E-state index contributed by atoms with van der Waals surface area (Å²) in [7, 11) is 0. The highest BCUT2D eigenvalue weighted by atomic mass is 16.5. The summed E-state index contributed by atoms with van der Waals surface area (Å²) in [5.74, 6) is 0.349. The lowest BCUT2D eigenvalue weighted by Gasteiger charge is -2.22. The van der Waals surface area contributed by atoms with Crippen molar-refractivity contribution >= 4 is 5.91 Å². The fourth-order valence-corrected chi connectivity index (χ4v) is 2.67. The summed E-state index contributed by atoms with van der Waals surface area (Å²) in [5, 5.41) is 6.23. The molecule has 0 bridgehead atoms. The molecule has 1 heterocycles. The first kappa shape index (κ1) is 12.8. The van der Waals surface area contributed by atoms with Crippen LogP contribution in [0.3, 0.4) is 0 Å². The lowest BCUT2D eigenvalue weighted by molar-refractivity contribution is -0.125. The van der Waals surface area contributed by atoms with Crippen LogP contribution in [0.4, 0.5) is 0 Å². The monoisotopic (exact) mass is 240 g/mol. The third-order valence-electron chi connectivity index (χ3n) is 3.72. The van der Waals surface area contributed by atoms with Gasteiger partial charge in [-0.1, -0.05) is 12.8 Å². The zero-order valence-corrected chi connectivity index (χ0v) is 10.5. The number of nitrogens with one attached hydrogen (secondary N) is 2. The fourth-order valence-electron chi connectivity index (χ4n) is 2.67. The Bertz CT molecular complexity index is 234. The maximum absolute atomic E-state index is 11.8.